The van der Waals surface area contributed by atoms with Gasteiger partial charge in [-0.3, -0.25) is 4.79 Å². The second kappa shape index (κ2) is 7.27. The maximum absolute atomic E-state index is 12.6. The molecule has 4 aromatic rings. The van der Waals surface area contributed by atoms with Crippen LogP contribution in [0.15, 0.2) is 83.7 Å². The number of nitrogens with zero attached hydrogens (tertiary/aromatic N) is 2. The van der Waals surface area contributed by atoms with Gasteiger partial charge in [-0.1, -0.05) is 36.4 Å². The molecule has 0 aliphatic rings. The van der Waals surface area contributed by atoms with E-state index in [2.05, 4.69) is 10.3 Å². The molecule has 3 heterocycles. The molecule has 130 valence electrons. The summed E-state index contributed by atoms with van der Waals surface area (Å²) in [4.78, 5) is 17.0. The summed E-state index contributed by atoms with van der Waals surface area (Å²) in [6.45, 7) is 0.389. The molecule has 0 radical (unpaired) electrons. The van der Waals surface area contributed by atoms with Crippen LogP contribution in [0.2, 0.25) is 0 Å². The molecule has 1 N–H and O–H groups in total. The van der Waals surface area contributed by atoms with Gasteiger partial charge in [0.1, 0.15) is 11.4 Å². The average Bonchev–Trinajstić information content (AvgIpc) is 3.35. The van der Waals surface area contributed by atoms with Gasteiger partial charge in [-0.15, -0.1) is 0 Å². The molecular formula is C21H19N3O2. The number of carbonyl (C=O) groups excluding carboxylic acids is 1. The molecular weight excluding hydrogens is 326 g/mol. The largest absolute Gasteiger partial charge is 0.467 e. The van der Waals surface area contributed by atoms with Crippen LogP contribution in [0.4, 0.5) is 0 Å². The van der Waals surface area contributed by atoms with E-state index in [0.29, 0.717) is 13.0 Å². The summed E-state index contributed by atoms with van der Waals surface area (Å²) in [7, 11) is 0. The van der Waals surface area contributed by atoms with E-state index in [-0.39, 0.29) is 11.8 Å². The van der Waals surface area contributed by atoms with Crippen LogP contribution in [0.5, 0.6) is 0 Å². The van der Waals surface area contributed by atoms with Gasteiger partial charge in [0, 0.05) is 24.7 Å². The SMILES string of the molecule is O=C(CC(c1ccccc1)c1cnc2ccccn12)NCc1ccco1. The first-order valence-electron chi connectivity index (χ1n) is 8.57. The van der Waals surface area contributed by atoms with Crippen LogP contribution < -0.4 is 5.32 Å². The van der Waals surface area contributed by atoms with Crippen molar-refractivity contribution in [2.45, 2.75) is 18.9 Å². The van der Waals surface area contributed by atoms with Crippen molar-refractivity contribution in [1.82, 2.24) is 14.7 Å². The van der Waals surface area contributed by atoms with Crippen molar-refractivity contribution in [3.63, 3.8) is 0 Å². The Bertz CT molecular complexity index is 990. The predicted octanol–water partition coefficient (Wildman–Crippen LogP) is 3.77. The van der Waals surface area contributed by atoms with E-state index in [9.17, 15) is 4.79 Å². The van der Waals surface area contributed by atoms with Crippen molar-refractivity contribution in [1.29, 1.82) is 0 Å². The molecule has 0 aliphatic heterocycles. The van der Waals surface area contributed by atoms with E-state index < -0.39 is 0 Å². The van der Waals surface area contributed by atoms with Gasteiger partial charge < -0.3 is 14.1 Å². The van der Waals surface area contributed by atoms with Crippen molar-refractivity contribution in [2.24, 2.45) is 0 Å². The Kier molecular flexibility index (Phi) is 4.51. The van der Waals surface area contributed by atoms with Gasteiger partial charge in [-0.25, -0.2) is 4.98 Å². The summed E-state index contributed by atoms with van der Waals surface area (Å²) in [5.74, 6) is 0.635. The van der Waals surface area contributed by atoms with Crippen molar-refractivity contribution < 1.29 is 9.21 Å². The highest BCUT2D eigenvalue weighted by molar-refractivity contribution is 5.77. The lowest BCUT2D eigenvalue weighted by molar-refractivity contribution is -0.121. The van der Waals surface area contributed by atoms with Gasteiger partial charge in [0.15, 0.2) is 0 Å². The lowest BCUT2D eigenvalue weighted by atomic mass is 9.92. The highest BCUT2D eigenvalue weighted by atomic mass is 16.3. The van der Waals surface area contributed by atoms with E-state index in [0.717, 1.165) is 22.7 Å². The molecule has 26 heavy (non-hydrogen) atoms. The van der Waals surface area contributed by atoms with Crippen LogP contribution in [0.1, 0.15) is 29.4 Å². The van der Waals surface area contributed by atoms with Crippen molar-refractivity contribution in [2.75, 3.05) is 0 Å². The zero-order valence-corrected chi connectivity index (χ0v) is 14.2. The quantitative estimate of drug-likeness (QED) is 0.579. The topological polar surface area (TPSA) is 59.5 Å². The Balaban J connectivity index is 1.60. The number of furan rings is 1. The van der Waals surface area contributed by atoms with Gasteiger partial charge >= 0.3 is 0 Å². The fraction of sp³-hybridized carbons (Fsp3) is 0.143. The molecule has 0 aliphatic carbocycles. The van der Waals surface area contributed by atoms with Gasteiger partial charge in [0.05, 0.1) is 18.5 Å². The standard InChI is InChI=1S/C21H19N3O2/c25-21(23-14-17-9-6-12-26-17)13-18(16-7-2-1-3-8-16)19-15-22-20-10-4-5-11-24(19)20/h1-12,15,18H,13-14H2,(H,23,25). The third kappa shape index (κ3) is 3.37. The zero-order chi connectivity index (χ0) is 17.8. The molecule has 0 bridgehead atoms. The molecule has 1 unspecified atom stereocenters. The van der Waals surface area contributed by atoms with Crippen LogP contribution in [0, 0.1) is 0 Å². The normalized spacial score (nSPS) is 12.2. The summed E-state index contributed by atoms with van der Waals surface area (Å²) >= 11 is 0. The summed E-state index contributed by atoms with van der Waals surface area (Å²) in [6.07, 6.45) is 5.78. The lowest BCUT2D eigenvalue weighted by Gasteiger charge is -2.17. The number of nitrogens with one attached hydrogen (secondary N) is 1. The monoisotopic (exact) mass is 345 g/mol. The van der Waals surface area contributed by atoms with Crippen LogP contribution in [0.3, 0.4) is 0 Å². The zero-order valence-electron chi connectivity index (χ0n) is 14.2. The number of imidazole rings is 1. The molecule has 3 aromatic heterocycles. The number of aromatic nitrogens is 2. The third-order valence-corrected chi connectivity index (χ3v) is 4.43. The second-order valence-electron chi connectivity index (χ2n) is 6.14. The number of amides is 1. The summed E-state index contributed by atoms with van der Waals surface area (Å²) in [5, 5.41) is 2.93. The molecule has 0 spiro atoms. The smallest absolute Gasteiger partial charge is 0.221 e. The number of pyridine rings is 1. The van der Waals surface area contributed by atoms with Gasteiger partial charge in [-0.2, -0.15) is 0 Å². The van der Waals surface area contributed by atoms with E-state index in [1.807, 2.05) is 77.5 Å². The first kappa shape index (κ1) is 16.1. The first-order valence-corrected chi connectivity index (χ1v) is 8.57. The Morgan fingerprint density at radius 1 is 1.08 bits per heavy atom. The van der Waals surface area contributed by atoms with E-state index in [1.165, 1.54) is 0 Å². The third-order valence-electron chi connectivity index (χ3n) is 4.43. The molecule has 0 fully saturated rings. The molecule has 0 saturated carbocycles. The summed E-state index contributed by atoms with van der Waals surface area (Å²) in [5.41, 5.74) is 2.96. The van der Waals surface area contributed by atoms with Gasteiger partial charge in [0.25, 0.3) is 0 Å². The van der Waals surface area contributed by atoms with Crippen molar-refractivity contribution in [3.8, 4) is 0 Å². The number of fused-ring (bicyclic) bond motifs is 1. The fourth-order valence-electron chi connectivity index (χ4n) is 3.14. The van der Waals surface area contributed by atoms with Crippen LogP contribution in [0.25, 0.3) is 5.65 Å². The fourth-order valence-corrected chi connectivity index (χ4v) is 3.14. The summed E-state index contributed by atoms with van der Waals surface area (Å²) in [6, 6.07) is 19.6. The minimum Gasteiger partial charge on any atom is -0.467 e. The Morgan fingerprint density at radius 3 is 2.73 bits per heavy atom. The minimum atomic E-state index is -0.0785. The number of rotatable bonds is 6. The summed E-state index contributed by atoms with van der Waals surface area (Å²) < 4.78 is 7.31. The molecule has 1 aromatic carbocycles. The molecule has 1 atom stereocenters. The Hall–Kier alpha value is -3.34. The maximum atomic E-state index is 12.6. The van der Waals surface area contributed by atoms with Crippen LogP contribution in [-0.4, -0.2) is 15.3 Å². The Labute approximate surface area is 151 Å². The van der Waals surface area contributed by atoms with E-state index >= 15 is 0 Å². The van der Waals surface area contributed by atoms with Gasteiger partial charge in [-0.05, 0) is 29.8 Å². The number of hydrogen-bond acceptors (Lipinski definition) is 3. The van der Waals surface area contributed by atoms with Crippen LogP contribution in [-0.2, 0) is 11.3 Å². The molecule has 0 saturated heterocycles. The molecule has 1 amide bonds. The maximum Gasteiger partial charge on any atom is 0.221 e. The average molecular weight is 345 g/mol. The second-order valence-corrected chi connectivity index (χ2v) is 6.14. The molecule has 5 nitrogen and oxygen atoms in total. The highest BCUT2D eigenvalue weighted by Crippen LogP contribution is 2.28. The number of hydrogen-bond donors (Lipinski definition) is 1. The predicted molar refractivity (Wildman–Crippen MR) is 98.6 cm³/mol. The molecule has 4 rings (SSSR count). The van der Waals surface area contributed by atoms with Gasteiger partial charge in [0.2, 0.25) is 5.91 Å². The number of benzene rings is 1. The first-order chi connectivity index (χ1) is 12.8. The minimum absolute atomic E-state index is 0.0267. The number of carbonyl (C=O) groups is 1. The highest BCUT2D eigenvalue weighted by Gasteiger charge is 2.21. The lowest BCUT2D eigenvalue weighted by Crippen LogP contribution is -2.25. The van der Waals surface area contributed by atoms with Crippen LogP contribution >= 0.6 is 0 Å². The van der Waals surface area contributed by atoms with E-state index in [1.54, 1.807) is 6.26 Å². The van der Waals surface area contributed by atoms with Crippen molar-refractivity contribution in [3.05, 3.63) is 96.3 Å². The molecule has 5 heteroatoms. The van der Waals surface area contributed by atoms with Crippen molar-refractivity contribution >= 4 is 11.6 Å². The van der Waals surface area contributed by atoms with E-state index in [4.69, 9.17) is 4.42 Å². The Morgan fingerprint density at radius 2 is 1.92 bits per heavy atom.